The molecule has 0 aliphatic heterocycles. The Bertz CT molecular complexity index is 670. The molecule has 0 unspecified atom stereocenters. The highest BCUT2D eigenvalue weighted by atomic mass is 35.5. The number of halogens is 1. The van der Waals surface area contributed by atoms with Gasteiger partial charge in [0.05, 0.1) is 11.5 Å². The van der Waals surface area contributed by atoms with Gasteiger partial charge in [0, 0.05) is 6.54 Å². The average molecular weight is 328 g/mol. The Morgan fingerprint density at radius 3 is 2.76 bits per heavy atom. The van der Waals surface area contributed by atoms with Gasteiger partial charge in [0.25, 0.3) is 0 Å². The van der Waals surface area contributed by atoms with E-state index in [1.54, 1.807) is 0 Å². The van der Waals surface area contributed by atoms with Crippen LogP contribution in [0.2, 0.25) is 5.15 Å². The van der Waals surface area contributed by atoms with Crippen molar-refractivity contribution in [2.45, 2.75) is 40.2 Å². The zero-order chi connectivity index (χ0) is 15.6. The Balaban J connectivity index is 2.44. The smallest absolute Gasteiger partial charge is 0.348 e. The molecule has 2 aromatic rings. The molecule has 2 rings (SSSR count). The summed E-state index contributed by atoms with van der Waals surface area (Å²) >= 11 is 7.52. The minimum Gasteiger partial charge on any atom is -0.459 e. The number of carbonyl (C=O) groups excluding carboxylic acids is 1. The predicted octanol–water partition coefficient (Wildman–Crippen LogP) is 4.04. The van der Waals surface area contributed by atoms with Crippen molar-refractivity contribution in [1.82, 2.24) is 9.97 Å². The third-order valence-corrected chi connectivity index (χ3v) is 4.25. The lowest BCUT2D eigenvalue weighted by Crippen LogP contribution is -2.11. The Hall–Kier alpha value is -1.40. The lowest BCUT2D eigenvalue weighted by Gasteiger charge is -2.06. The van der Waals surface area contributed by atoms with Crippen molar-refractivity contribution in [3.8, 4) is 0 Å². The molecule has 0 aromatic carbocycles. The SMILES string of the molecule is CCCNc1nc(Cl)c2c(C)c(C(=O)OC(C)C)sc2n1. The maximum Gasteiger partial charge on any atom is 0.348 e. The second-order valence-corrected chi connectivity index (χ2v) is 6.31. The number of nitrogens with zero attached hydrogens (tertiary/aromatic N) is 2. The highest BCUT2D eigenvalue weighted by Gasteiger charge is 2.21. The first kappa shape index (κ1) is 16.0. The van der Waals surface area contributed by atoms with Crippen LogP contribution in [0.5, 0.6) is 0 Å². The first-order valence-corrected chi connectivity index (χ1v) is 8.05. The van der Waals surface area contributed by atoms with E-state index in [1.165, 1.54) is 11.3 Å². The van der Waals surface area contributed by atoms with Crippen LogP contribution < -0.4 is 5.32 Å². The third kappa shape index (κ3) is 3.44. The quantitative estimate of drug-likeness (QED) is 0.663. The number of esters is 1. The zero-order valence-electron chi connectivity index (χ0n) is 12.5. The van der Waals surface area contributed by atoms with Crippen molar-refractivity contribution in [1.29, 1.82) is 0 Å². The van der Waals surface area contributed by atoms with Gasteiger partial charge < -0.3 is 10.1 Å². The van der Waals surface area contributed by atoms with Gasteiger partial charge in [-0.1, -0.05) is 18.5 Å². The molecule has 0 saturated heterocycles. The Morgan fingerprint density at radius 1 is 1.43 bits per heavy atom. The second-order valence-electron chi connectivity index (χ2n) is 4.96. The first-order chi connectivity index (χ1) is 9.93. The Kier molecular flexibility index (Phi) is 5.00. The van der Waals surface area contributed by atoms with E-state index >= 15 is 0 Å². The van der Waals surface area contributed by atoms with Gasteiger partial charge in [-0.25, -0.2) is 14.8 Å². The molecule has 5 nitrogen and oxygen atoms in total. The highest BCUT2D eigenvalue weighted by Crippen LogP contribution is 2.34. The summed E-state index contributed by atoms with van der Waals surface area (Å²) in [5.74, 6) is 0.143. The van der Waals surface area contributed by atoms with Crippen LogP contribution in [-0.4, -0.2) is 28.6 Å². The maximum absolute atomic E-state index is 12.1. The Morgan fingerprint density at radius 2 is 2.14 bits per heavy atom. The molecule has 114 valence electrons. The van der Waals surface area contributed by atoms with Gasteiger partial charge in [-0.3, -0.25) is 0 Å². The molecule has 0 spiro atoms. The number of rotatable bonds is 5. The monoisotopic (exact) mass is 327 g/mol. The molecule has 0 atom stereocenters. The number of aromatic nitrogens is 2. The molecule has 0 saturated carbocycles. The molecule has 0 amide bonds. The van der Waals surface area contributed by atoms with Gasteiger partial charge in [0.15, 0.2) is 0 Å². The largest absolute Gasteiger partial charge is 0.459 e. The van der Waals surface area contributed by atoms with E-state index in [0.717, 1.165) is 23.9 Å². The summed E-state index contributed by atoms with van der Waals surface area (Å²) in [7, 11) is 0. The summed E-state index contributed by atoms with van der Waals surface area (Å²) in [6.45, 7) is 8.31. The first-order valence-electron chi connectivity index (χ1n) is 6.85. The summed E-state index contributed by atoms with van der Waals surface area (Å²) in [4.78, 5) is 22.0. The van der Waals surface area contributed by atoms with Crippen LogP contribution in [0.3, 0.4) is 0 Å². The number of hydrogen-bond donors (Lipinski definition) is 1. The summed E-state index contributed by atoms with van der Waals surface area (Å²) in [5.41, 5.74) is 0.771. The van der Waals surface area contributed by atoms with E-state index in [0.29, 0.717) is 20.8 Å². The topological polar surface area (TPSA) is 64.1 Å². The maximum atomic E-state index is 12.1. The summed E-state index contributed by atoms with van der Waals surface area (Å²) in [6.07, 6.45) is 0.805. The second kappa shape index (κ2) is 6.58. The van der Waals surface area contributed by atoms with E-state index in [4.69, 9.17) is 16.3 Å². The lowest BCUT2D eigenvalue weighted by molar-refractivity contribution is 0.0383. The molecule has 2 heterocycles. The third-order valence-electron chi connectivity index (χ3n) is 2.81. The number of ether oxygens (including phenoxy) is 1. The van der Waals surface area contributed by atoms with Crippen molar-refractivity contribution in [2.24, 2.45) is 0 Å². The number of fused-ring (bicyclic) bond motifs is 1. The number of thiophene rings is 1. The van der Waals surface area contributed by atoms with Crippen molar-refractivity contribution < 1.29 is 9.53 Å². The molecule has 0 aliphatic rings. The lowest BCUT2D eigenvalue weighted by atomic mass is 10.2. The number of aryl methyl sites for hydroxylation is 1. The predicted molar refractivity (Wildman–Crippen MR) is 86.5 cm³/mol. The molecule has 0 aliphatic carbocycles. The van der Waals surface area contributed by atoms with Gasteiger partial charge >= 0.3 is 5.97 Å². The van der Waals surface area contributed by atoms with E-state index in [-0.39, 0.29) is 12.1 Å². The summed E-state index contributed by atoms with van der Waals surface area (Å²) in [5, 5.41) is 4.18. The fourth-order valence-corrected chi connectivity index (χ4v) is 3.30. The highest BCUT2D eigenvalue weighted by molar-refractivity contribution is 7.20. The van der Waals surface area contributed by atoms with E-state index in [9.17, 15) is 4.79 Å². The average Bonchev–Trinajstić information content (AvgIpc) is 2.73. The molecule has 21 heavy (non-hydrogen) atoms. The number of carbonyl (C=O) groups is 1. The van der Waals surface area contributed by atoms with Gasteiger partial charge in [-0.15, -0.1) is 11.3 Å². The van der Waals surface area contributed by atoms with E-state index in [2.05, 4.69) is 22.2 Å². The molecule has 7 heteroatoms. The fourth-order valence-electron chi connectivity index (χ4n) is 1.87. The molecule has 0 bridgehead atoms. The number of anilines is 1. The van der Waals surface area contributed by atoms with Crippen LogP contribution >= 0.6 is 22.9 Å². The Labute approximate surface area is 132 Å². The van der Waals surface area contributed by atoms with E-state index in [1.807, 2.05) is 20.8 Å². The van der Waals surface area contributed by atoms with Gasteiger partial charge in [-0.05, 0) is 32.8 Å². The van der Waals surface area contributed by atoms with Crippen LogP contribution in [0, 0.1) is 6.92 Å². The minimum absolute atomic E-state index is 0.162. The summed E-state index contributed by atoms with van der Waals surface area (Å²) in [6, 6.07) is 0. The van der Waals surface area contributed by atoms with Gasteiger partial charge in [-0.2, -0.15) is 0 Å². The zero-order valence-corrected chi connectivity index (χ0v) is 14.1. The van der Waals surface area contributed by atoms with Gasteiger partial charge in [0.2, 0.25) is 5.95 Å². The van der Waals surface area contributed by atoms with Crippen LogP contribution in [0.1, 0.15) is 42.4 Å². The molecule has 0 radical (unpaired) electrons. The number of hydrogen-bond acceptors (Lipinski definition) is 6. The molecular weight excluding hydrogens is 310 g/mol. The normalized spacial score (nSPS) is 11.1. The van der Waals surface area contributed by atoms with Crippen LogP contribution in [0.15, 0.2) is 0 Å². The summed E-state index contributed by atoms with van der Waals surface area (Å²) < 4.78 is 5.25. The minimum atomic E-state index is -0.343. The molecule has 1 N–H and O–H groups in total. The molecule has 2 aromatic heterocycles. The van der Waals surface area contributed by atoms with E-state index < -0.39 is 0 Å². The molecule has 0 fully saturated rings. The van der Waals surface area contributed by atoms with Crippen LogP contribution in [0.4, 0.5) is 5.95 Å². The van der Waals surface area contributed by atoms with Crippen molar-refractivity contribution >= 4 is 45.1 Å². The fraction of sp³-hybridized carbons (Fsp3) is 0.500. The molecular formula is C14H18ClN3O2S. The number of nitrogens with one attached hydrogen (secondary N) is 1. The van der Waals surface area contributed by atoms with Crippen molar-refractivity contribution in [2.75, 3.05) is 11.9 Å². The van der Waals surface area contributed by atoms with Crippen LogP contribution in [-0.2, 0) is 4.74 Å². The standard InChI is InChI=1S/C14H18ClN3O2S/c1-5-6-16-14-17-11(15)9-8(4)10(21-12(9)18-14)13(19)20-7(2)3/h7H,5-6H2,1-4H3,(H,16,17,18). The van der Waals surface area contributed by atoms with Gasteiger partial charge in [0.1, 0.15) is 14.9 Å². The van der Waals surface area contributed by atoms with Crippen LogP contribution in [0.25, 0.3) is 10.2 Å². The van der Waals surface area contributed by atoms with Crippen molar-refractivity contribution in [3.05, 3.63) is 15.6 Å². The van der Waals surface area contributed by atoms with Crippen molar-refractivity contribution in [3.63, 3.8) is 0 Å².